The average molecular weight is 264 g/mol. The van der Waals surface area contributed by atoms with Gasteiger partial charge in [-0.05, 0) is 42.6 Å². The Morgan fingerprint density at radius 3 is 2.89 bits per heavy atom. The SMILES string of the molecule is CC(C)C1CCCN(c2snc(N)c2C#N)CC1. The van der Waals surface area contributed by atoms with Gasteiger partial charge in [-0.25, -0.2) is 0 Å². The third-order valence-electron chi connectivity index (χ3n) is 3.82. The van der Waals surface area contributed by atoms with Crippen LogP contribution in [-0.2, 0) is 0 Å². The van der Waals surface area contributed by atoms with Crippen LogP contribution in [0.2, 0.25) is 0 Å². The molecule has 0 aliphatic carbocycles. The number of nitrogens with zero attached hydrogens (tertiary/aromatic N) is 3. The van der Waals surface area contributed by atoms with Gasteiger partial charge in [0.1, 0.15) is 16.6 Å². The number of hydrogen-bond acceptors (Lipinski definition) is 5. The predicted molar refractivity (Wildman–Crippen MR) is 75.6 cm³/mol. The Morgan fingerprint density at radius 2 is 2.22 bits per heavy atom. The molecule has 0 spiro atoms. The van der Waals surface area contributed by atoms with E-state index in [4.69, 9.17) is 11.0 Å². The number of hydrogen-bond donors (Lipinski definition) is 1. The monoisotopic (exact) mass is 264 g/mol. The molecular formula is C13H20N4S. The molecule has 0 bridgehead atoms. The Kier molecular flexibility index (Phi) is 4.07. The first kappa shape index (κ1) is 13.2. The molecule has 0 aromatic carbocycles. The van der Waals surface area contributed by atoms with Gasteiger partial charge in [-0.1, -0.05) is 13.8 Å². The largest absolute Gasteiger partial charge is 0.382 e. The highest BCUT2D eigenvalue weighted by atomic mass is 32.1. The first-order chi connectivity index (χ1) is 8.63. The fraction of sp³-hybridized carbons (Fsp3) is 0.692. The van der Waals surface area contributed by atoms with Crippen molar-refractivity contribution >= 4 is 22.4 Å². The van der Waals surface area contributed by atoms with Crippen LogP contribution >= 0.6 is 11.5 Å². The van der Waals surface area contributed by atoms with Gasteiger partial charge in [0.15, 0.2) is 5.82 Å². The van der Waals surface area contributed by atoms with Crippen molar-refractivity contribution in [3.63, 3.8) is 0 Å². The van der Waals surface area contributed by atoms with Crippen molar-refractivity contribution in [2.24, 2.45) is 11.8 Å². The molecule has 4 nitrogen and oxygen atoms in total. The van der Waals surface area contributed by atoms with E-state index in [1.807, 2.05) is 0 Å². The second-order valence-corrected chi connectivity index (χ2v) is 6.03. The quantitative estimate of drug-likeness (QED) is 0.892. The van der Waals surface area contributed by atoms with Crippen LogP contribution in [0.1, 0.15) is 38.7 Å². The summed E-state index contributed by atoms with van der Waals surface area (Å²) in [5, 5.41) is 10.1. The maximum Gasteiger partial charge on any atom is 0.157 e. The first-order valence-corrected chi connectivity index (χ1v) is 7.31. The molecule has 1 saturated heterocycles. The number of rotatable bonds is 2. The second-order valence-electron chi connectivity index (χ2n) is 5.28. The zero-order valence-electron chi connectivity index (χ0n) is 11.0. The Morgan fingerprint density at radius 1 is 1.44 bits per heavy atom. The summed E-state index contributed by atoms with van der Waals surface area (Å²) in [6.45, 7) is 6.62. The van der Waals surface area contributed by atoms with E-state index in [1.54, 1.807) is 0 Å². The topological polar surface area (TPSA) is 65.9 Å². The van der Waals surface area contributed by atoms with E-state index in [2.05, 4.69) is 29.2 Å². The Balaban J connectivity index is 2.13. The molecule has 1 aliphatic heterocycles. The lowest BCUT2D eigenvalue weighted by Crippen LogP contribution is -2.24. The molecule has 0 radical (unpaired) electrons. The van der Waals surface area contributed by atoms with Crippen molar-refractivity contribution in [3.8, 4) is 6.07 Å². The smallest absolute Gasteiger partial charge is 0.157 e. The zero-order chi connectivity index (χ0) is 13.1. The zero-order valence-corrected chi connectivity index (χ0v) is 11.8. The third-order valence-corrected chi connectivity index (χ3v) is 4.74. The lowest BCUT2D eigenvalue weighted by molar-refractivity contribution is 0.351. The van der Waals surface area contributed by atoms with Crippen molar-refractivity contribution < 1.29 is 0 Å². The highest BCUT2D eigenvalue weighted by molar-refractivity contribution is 7.10. The molecule has 18 heavy (non-hydrogen) atoms. The molecule has 1 aromatic rings. The molecule has 2 N–H and O–H groups in total. The fourth-order valence-corrected chi connectivity index (χ4v) is 3.42. The van der Waals surface area contributed by atoms with Crippen molar-refractivity contribution in [2.45, 2.75) is 33.1 Å². The van der Waals surface area contributed by atoms with Gasteiger partial charge in [-0.2, -0.15) is 9.64 Å². The summed E-state index contributed by atoms with van der Waals surface area (Å²) >= 11 is 1.35. The standard InChI is InChI=1S/C13H20N4S/c1-9(2)10-4-3-6-17(7-5-10)13-11(8-14)12(15)16-18-13/h9-10H,3-7H2,1-2H3,(H2,15,16). The van der Waals surface area contributed by atoms with Gasteiger partial charge < -0.3 is 10.6 Å². The molecule has 1 aromatic heterocycles. The van der Waals surface area contributed by atoms with Crippen LogP contribution in [0.4, 0.5) is 10.8 Å². The number of nitriles is 1. The van der Waals surface area contributed by atoms with Crippen LogP contribution in [-0.4, -0.2) is 17.5 Å². The molecule has 1 atom stereocenters. The van der Waals surface area contributed by atoms with E-state index >= 15 is 0 Å². The lowest BCUT2D eigenvalue weighted by atomic mass is 9.89. The minimum absolute atomic E-state index is 0.377. The van der Waals surface area contributed by atoms with Crippen LogP contribution < -0.4 is 10.6 Å². The van der Waals surface area contributed by atoms with Gasteiger partial charge in [-0.15, -0.1) is 0 Å². The molecule has 0 saturated carbocycles. The van der Waals surface area contributed by atoms with E-state index in [9.17, 15) is 0 Å². The van der Waals surface area contributed by atoms with Crippen LogP contribution in [0.5, 0.6) is 0 Å². The molecule has 2 rings (SSSR count). The molecule has 2 heterocycles. The van der Waals surface area contributed by atoms with Crippen molar-refractivity contribution in [3.05, 3.63) is 5.56 Å². The molecule has 5 heteroatoms. The van der Waals surface area contributed by atoms with E-state index in [0.717, 1.165) is 29.9 Å². The van der Waals surface area contributed by atoms with Crippen molar-refractivity contribution in [2.75, 3.05) is 23.7 Å². The average Bonchev–Trinajstić information content (AvgIpc) is 2.58. The molecule has 1 aliphatic rings. The van der Waals surface area contributed by atoms with Gasteiger partial charge in [0.25, 0.3) is 0 Å². The number of nitrogen functional groups attached to an aromatic ring is 1. The Hall–Kier alpha value is -1.28. The summed E-state index contributed by atoms with van der Waals surface area (Å²) in [6, 6.07) is 2.18. The van der Waals surface area contributed by atoms with E-state index in [-0.39, 0.29) is 0 Å². The van der Waals surface area contributed by atoms with Crippen LogP contribution in [0.15, 0.2) is 0 Å². The van der Waals surface area contributed by atoms with Gasteiger partial charge in [-0.3, -0.25) is 0 Å². The molecule has 1 fully saturated rings. The van der Waals surface area contributed by atoms with Gasteiger partial charge in [0, 0.05) is 13.1 Å². The normalized spacial score (nSPS) is 20.8. The predicted octanol–water partition coefficient (Wildman–Crippen LogP) is 2.86. The van der Waals surface area contributed by atoms with Crippen LogP contribution in [0.25, 0.3) is 0 Å². The summed E-state index contributed by atoms with van der Waals surface area (Å²) in [4.78, 5) is 2.29. The van der Waals surface area contributed by atoms with Crippen LogP contribution in [0.3, 0.4) is 0 Å². The van der Waals surface area contributed by atoms with Crippen molar-refractivity contribution in [1.82, 2.24) is 4.37 Å². The van der Waals surface area contributed by atoms with E-state index < -0.39 is 0 Å². The molecule has 98 valence electrons. The minimum Gasteiger partial charge on any atom is -0.382 e. The fourth-order valence-electron chi connectivity index (χ4n) is 2.61. The van der Waals surface area contributed by atoms with Gasteiger partial charge >= 0.3 is 0 Å². The van der Waals surface area contributed by atoms with Gasteiger partial charge in [0.05, 0.1) is 0 Å². The maximum absolute atomic E-state index is 9.14. The summed E-state index contributed by atoms with van der Waals surface area (Å²) in [7, 11) is 0. The van der Waals surface area contributed by atoms with E-state index in [1.165, 1.54) is 30.8 Å². The summed E-state index contributed by atoms with van der Waals surface area (Å²) in [5.41, 5.74) is 6.28. The van der Waals surface area contributed by atoms with E-state index in [0.29, 0.717) is 11.4 Å². The molecule has 1 unspecified atom stereocenters. The minimum atomic E-state index is 0.377. The van der Waals surface area contributed by atoms with Gasteiger partial charge in [0.2, 0.25) is 0 Å². The number of anilines is 2. The number of nitrogens with two attached hydrogens (primary N) is 1. The highest BCUT2D eigenvalue weighted by Gasteiger charge is 2.23. The second kappa shape index (κ2) is 5.57. The highest BCUT2D eigenvalue weighted by Crippen LogP contribution is 2.33. The summed E-state index contributed by atoms with van der Waals surface area (Å²) in [5.74, 6) is 1.92. The summed E-state index contributed by atoms with van der Waals surface area (Å²) in [6.07, 6.45) is 3.66. The first-order valence-electron chi connectivity index (χ1n) is 6.53. The van der Waals surface area contributed by atoms with Crippen molar-refractivity contribution in [1.29, 1.82) is 5.26 Å². The third kappa shape index (κ3) is 2.59. The molecule has 0 amide bonds. The number of aromatic nitrogens is 1. The Bertz CT molecular complexity index is 446. The lowest BCUT2D eigenvalue weighted by Gasteiger charge is -2.21. The Labute approximate surface area is 113 Å². The summed E-state index contributed by atoms with van der Waals surface area (Å²) < 4.78 is 4.10. The van der Waals surface area contributed by atoms with Crippen LogP contribution in [0, 0.1) is 23.2 Å². The molecular weight excluding hydrogens is 244 g/mol. The maximum atomic E-state index is 9.14.